The molecule has 1 aliphatic rings. The van der Waals surface area contributed by atoms with Gasteiger partial charge in [-0.1, -0.05) is 35.9 Å². The SMILES string of the molecule is Cc1ccc(-c2nc(COC3CCCC(OCc4cccc(C)c4C(=O)OC(C)(C)C)C3)c(C)o2)cc1. The van der Waals surface area contributed by atoms with Crippen LogP contribution in [0.15, 0.2) is 46.9 Å². The number of ether oxygens (including phenoxy) is 3. The first-order valence-corrected chi connectivity index (χ1v) is 13.2. The maximum Gasteiger partial charge on any atom is 0.339 e. The zero-order valence-electron chi connectivity index (χ0n) is 22.9. The lowest BCUT2D eigenvalue weighted by molar-refractivity contribution is -0.0565. The van der Waals surface area contributed by atoms with E-state index in [4.69, 9.17) is 18.6 Å². The average molecular weight is 506 g/mol. The molecular formula is C31H39NO5. The predicted molar refractivity (Wildman–Crippen MR) is 143 cm³/mol. The lowest BCUT2D eigenvalue weighted by Gasteiger charge is -2.29. The Bertz CT molecular complexity index is 1210. The molecule has 0 bridgehead atoms. The van der Waals surface area contributed by atoms with Crippen molar-refractivity contribution in [2.24, 2.45) is 0 Å². The van der Waals surface area contributed by atoms with Gasteiger partial charge in [-0.3, -0.25) is 0 Å². The van der Waals surface area contributed by atoms with E-state index >= 15 is 0 Å². The van der Waals surface area contributed by atoms with Gasteiger partial charge >= 0.3 is 5.97 Å². The predicted octanol–water partition coefficient (Wildman–Crippen LogP) is 7.27. The van der Waals surface area contributed by atoms with Gasteiger partial charge in [-0.2, -0.15) is 0 Å². The van der Waals surface area contributed by atoms with Crippen molar-refractivity contribution in [3.05, 3.63) is 76.2 Å². The van der Waals surface area contributed by atoms with Gasteiger partial charge in [0.1, 0.15) is 17.1 Å². The maximum absolute atomic E-state index is 12.8. The zero-order valence-corrected chi connectivity index (χ0v) is 22.9. The molecule has 1 saturated carbocycles. The molecule has 1 fully saturated rings. The number of rotatable bonds is 8. The molecule has 37 heavy (non-hydrogen) atoms. The summed E-state index contributed by atoms with van der Waals surface area (Å²) in [6.07, 6.45) is 4.00. The molecule has 3 aromatic rings. The highest BCUT2D eigenvalue weighted by atomic mass is 16.6. The molecule has 0 saturated heterocycles. The Hall–Kier alpha value is -2.96. The number of hydrogen-bond donors (Lipinski definition) is 0. The lowest BCUT2D eigenvalue weighted by atomic mass is 9.94. The van der Waals surface area contributed by atoms with Crippen molar-refractivity contribution in [1.29, 1.82) is 0 Å². The number of benzene rings is 2. The quantitative estimate of drug-likeness (QED) is 0.300. The summed E-state index contributed by atoms with van der Waals surface area (Å²) in [4.78, 5) is 17.5. The van der Waals surface area contributed by atoms with Crippen LogP contribution in [0.5, 0.6) is 0 Å². The second-order valence-electron chi connectivity index (χ2n) is 11.0. The van der Waals surface area contributed by atoms with Gasteiger partial charge in [0, 0.05) is 5.56 Å². The fourth-order valence-electron chi connectivity index (χ4n) is 4.66. The van der Waals surface area contributed by atoms with E-state index in [0.29, 0.717) is 24.7 Å². The molecule has 0 spiro atoms. The first-order chi connectivity index (χ1) is 17.6. The Kier molecular flexibility index (Phi) is 8.50. The largest absolute Gasteiger partial charge is 0.456 e. The number of esters is 1. The molecule has 0 amide bonds. The lowest BCUT2D eigenvalue weighted by Crippen LogP contribution is -2.29. The molecule has 6 heteroatoms. The number of aryl methyl sites for hydroxylation is 3. The molecule has 1 heterocycles. The van der Waals surface area contributed by atoms with E-state index in [1.54, 1.807) is 0 Å². The van der Waals surface area contributed by atoms with E-state index in [0.717, 1.165) is 53.8 Å². The van der Waals surface area contributed by atoms with Gasteiger partial charge in [-0.15, -0.1) is 0 Å². The Balaban J connectivity index is 1.33. The van der Waals surface area contributed by atoms with Crippen molar-refractivity contribution in [3.63, 3.8) is 0 Å². The normalized spacial score (nSPS) is 18.1. The van der Waals surface area contributed by atoms with E-state index in [9.17, 15) is 4.79 Å². The van der Waals surface area contributed by atoms with E-state index in [1.807, 2.05) is 65.0 Å². The fourth-order valence-corrected chi connectivity index (χ4v) is 4.66. The van der Waals surface area contributed by atoms with Crippen molar-refractivity contribution in [2.45, 2.75) is 98.2 Å². The Labute approximate surface area is 220 Å². The van der Waals surface area contributed by atoms with E-state index in [1.165, 1.54) is 5.56 Å². The Morgan fingerprint density at radius 3 is 2.32 bits per heavy atom. The third kappa shape index (κ3) is 7.30. The minimum atomic E-state index is -0.547. The van der Waals surface area contributed by atoms with Gasteiger partial charge in [-0.25, -0.2) is 9.78 Å². The molecule has 2 unspecified atom stereocenters. The highest BCUT2D eigenvalue weighted by Crippen LogP contribution is 2.28. The molecule has 2 atom stereocenters. The first kappa shape index (κ1) is 27.1. The smallest absolute Gasteiger partial charge is 0.339 e. The van der Waals surface area contributed by atoms with Gasteiger partial charge in [0.15, 0.2) is 0 Å². The molecule has 6 nitrogen and oxygen atoms in total. The topological polar surface area (TPSA) is 70.8 Å². The van der Waals surface area contributed by atoms with Crippen LogP contribution in [0.25, 0.3) is 11.5 Å². The highest BCUT2D eigenvalue weighted by molar-refractivity contribution is 5.93. The zero-order chi connectivity index (χ0) is 26.6. The molecule has 198 valence electrons. The van der Waals surface area contributed by atoms with Crippen molar-refractivity contribution >= 4 is 5.97 Å². The molecule has 1 aromatic heterocycles. The van der Waals surface area contributed by atoms with Crippen LogP contribution in [-0.4, -0.2) is 28.8 Å². The molecule has 4 rings (SSSR count). The van der Waals surface area contributed by atoms with Gasteiger partial charge in [-0.05, 0) is 90.5 Å². The van der Waals surface area contributed by atoms with Gasteiger partial charge in [0.2, 0.25) is 5.89 Å². The van der Waals surface area contributed by atoms with Crippen LogP contribution in [0.1, 0.15) is 85.0 Å². The summed E-state index contributed by atoms with van der Waals surface area (Å²) in [7, 11) is 0. The van der Waals surface area contributed by atoms with E-state index < -0.39 is 5.60 Å². The van der Waals surface area contributed by atoms with Crippen molar-refractivity contribution < 1.29 is 23.4 Å². The second-order valence-corrected chi connectivity index (χ2v) is 11.0. The van der Waals surface area contributed by atoms with Gasteiger partial charge in [0.25, 0.3) is 0 Å². The van der Waals surface area contributed by atoms with Crippen molar-refractivity contribution in [2.75, 3.05) is 0 Å². The Morgan fingerprint density at radius 1 is 0.973 bits per heavy atom. The summed E-state index contributed by atoms with van der Waals surface area (Å²) in [5.41, 5.74) is 4.81. The van der Waals surface area contributed by atoms with Crippen molar-refractivity contribution in [1.82, 2.24) is 4.98 Å². The summed E-state index contributed by atoms with van der Waals surface area (Å²) in [5, 5.41) is 0. The number of carbonyl (C=O) groups is 1. The molecule has 0 aliphatic heterocycles. The first-order valence-electron chi connectivity index (χ1n) is 13.2. The summed E-state index contributed by atoms with van der Waals surface area (Å²) in [6, 6.07) is 14.0. The minimum absolute atomic E-state index is 0.0762. The van der Waals surface area contributed by atoms with Crippen LogP contribution < -0.4 is 0 Å². The van der Waals surface area contributed by atoms with Crippen LogP contribution >= 0.6 is 0 Å². The van der Waals surface area contributed by atoms with Crippen LogP contribution in [-0.2, 0) is 27.4 Å². The number of hydrogen-bond acceptors (Lipinski definition) is 6. The Morgan fingerprint density at radius 2 is 1.65 bits per heavy atom. The van der Waals surface area contributed by atoms with Crippen molar-refractivity contribution in [3.8, 4) is 11.5 Å². The second kappa shape index (κ2) is 11.6. The monoisotopic (exact) mass is 505 g/mol. The highest BCUT2D eigenvalue weighted by Gasteiger charge is 2.26. The fraction of sp³-hybridized carbons (Fsp3) is 0.484. The number of carbonyl (C=O) groups excluding carboxylic acids is 1. The summed E-state index contributed by atoms with van der Waals surface area (Å²) >= 11 is 0. The third-order valence-electron chi connectivity index (χ3n) is 6.66. The minimum Gasteiger partial charge on any atom is -0.456 e. The van der Waals surface area contributed by atoms with Crippen LogP contribution in [0.2, 0.25) is 0 Å². The molecule has 2 aromatic carbocycles. The summed E-state index contributed by atoms with van der Waals surface area (Å²) in [5.74, 6) is 1.11. The molecule has 0 N–H and O–H groups in total. The standard InChI is InChI=1S/C31H39NO5/c1-20-13-15-23(16-14-20)29-32-27(22(3)36-29)19-35-26-12-8-11-25(17-26)34-18-24-10-7-9-21(2)28(24)30(33)37-31(4,5)6/h7,9-10,13-16,25-26H,8,11-12,17-19H2,1-6H3. The molecule has 0 radical (unpaired) electrons. The number of aromatic nitrogens is 1. The van der Waals surface area contributed by atoms with Gasteiger partial charge < -0.3 is 18.6 Å². The van der Waals surface area contributed by atoms with E-state index in [-0.39, 0.29) is 18.2 Å². The summed E-state index contributed by atoms with van der Waals surface area (Å²) in [6.45, 7) is 12.4. The van der Waals surface area contributed by atoms with Crippen LogP contribution in [0.3, 0.4) is 0 Å². The third-order valence-corrected chi connectivity index (χ3v) is 6.66. The average Bonchev–Trinajstić information content (AvgIpc) is 3.21. The van der Waals surface area contributed by atoms with E-state index in [2.05, 4.69) is 24.0 Å². The maximum atomic E-state index is 12.8. The van der Waals surface area contributed by atoms with Gasteiger partial charge in [0.05, 0.1) is 31.0 Å². The molecular weight excluding hydrogens is 466 g/mol. The van der Waals surface area contributed by atoms with Crippen LogP contribution in [0.4, 0.5) is 0 Å². The molecule has 1 aliphatic carbocycles. The summed E-state index contributed by atoms with van der Waals surface area (Å²) < 4.78 is 24.1. The number of oxazole rings is 1. The number of nitrogens with zero attached hydrogens (tertiary/aromatic N) is 1. The van der Waals surface area contributed by atoms with Crippen LogP contribution in [0, 0.1) is 20.8 Å².